The molecule has 0 unspecified atom stereocenters. The predicted molar refractivity (Wildman–Crippen MR) is 66.4 cm³/mol. The van der Waals surface area contributed by atoms with Gasteiger partial charge in [0.15, 0.2) is 0 Å². The Kier molecular flexibility index (Phi) is 3.22. The number of nitrogen functional groups attached to an aromatic ring is 1. The molecule has 0 radical (unpaired) electrons. The fourth-order valence-electron chi connectivity index (χ4n) is 1.66. The van der Waals surface area contributed by atoms with Crippen molar-refractivity contribution in [3.8, 4) is 0 Å². The highest BCUT2D eigenvalue weighted by Crippen LogP contribution is 2.22. The summed E-state index contributed by atoms with van der Waals surface area (Å²) in [6, 6.07) is 1.86. The number of hydrogen-bond acceptors (Lipinski definition) is 5. The van der Waals surface area contributed by atoms with Crippen LogP contribution in [0.2, 0.25) is 0 Å². The minimum atomic E-state index is 0.607. The number of anilines is 2. The number of nitrogens with two attached hydrogens (primary N) is 1. The normalized spacial score (nSPS) is 10.5. The van der Waals surface area contributed by atoms with Crippen LogP contribution in [0.15, 0.2) is 18.6 Å². The number of nitrogens with one attached hydrogen (secondary N) is 1. The van der Waals surface area contributed by atoms with E-state index in [0.29, 0.717) is 12.2 Å². The van der Waals surface area contributed by atoms with Gasteiger partial charge in [0.1, 0.15) is 12.1 Å². The third-order valence-electron chi connectivity index (χ3n) is 2.58. The van der Waals surface area contributed by atoms with E-state index in [1.165, 1.54) is 6.33 Å². The van der Waals surface area contributed by atoms with Crippen LogP contribution in [0.5, 0.6) is 0 Å². The first-order valence-corrected chi connectivity index (χ1v) is 5.52. The monoisotopic (exact) mass is 232 g/mol. The van der Waals surface area contributed by atoms with E-state index in [-0.39, 0.29) is 0 Å². The molecule has 0 atom stereocenters. The fourth-order valence-corrected chi connectivity index (χ4v) is 1.66. The molecule has 0 fully saturated rings. The molecule has 17 heavy (non-hydrogen) atoms. The van der Waals surface area contributed by atoms with Gasteiger partial charge in [0.05, 0.1) is 23.6 Å². The van der Waals surface area contributed by atoms with Crippen LogP contribution >= 0.6 is 0 Å². The smallest absolute Gasteiger partial charge is 0.148 e. The van der Waals surface area contributed by atoms with E-state index in [2.05, 4.69) is 20.4 Å². The molecule has 0 aliphatic carbocycles. The van der Waals surface area contributed by atoms with Gasteiger partial charge in [-0.2, -0.15) is 5.10 Å². The largest absolute Gasteiger partial charge is 0.394 e. The van der Waals surface area contributed by atoms with Crippen molar-refractivity contribution < 1.29 is 0 Å². The van der Waals surface area contributed by atoms with Crippen LogP contribution in [0.25, 0.3) is 0 Å². The Labute approximate surface area is 99.9 Å². The van der Waals surface area contributed by atoms with Crippen molar-refractivity contribution in [3.05, 3.63) is 30.0 Å². The van der Waals surface area contributed by atoms with Crippen LogP contribution in [0, 0.1) is 0 Å². The molecule has 2 rings (SSSR count). The molecule has 2 aromatic heterocycles. The maximum Gasteiger partial charge on any atom is 0.148 e. The van der Waals surface area contributed by atoms with Gasteiger partial charge in [0.25, 0.3) is 0 Å². The number of rotatable bonds is 4. The summed E-state index contributed by atoms with van der Waals surface area (Å²) in [6.45, 7) is 2.64. The average molecular weight is 232 g/mol. The van der Waals surface area contributed by atoms with E-state index in [0.717, 1.165) is 23.6 Å². The number of hydrogen-bond donors (Lipinski definition) is 2. The molecule has 0 aliphatic rings. The van der Waals surface area contributed by atoms with Gasteiger partial charge in [-0.05, 0) is 12.5 Å². The van der Waals surface area contributed by atoms with Crippen LogP contribution < -0.4 is 11.1 Å². The minimum absolute atomic E-state index is 0.607. The molecule has 2 aromatic rings. The Morgan fingerprint density at radius 1 is 1.47 bits per heavy atom. The third-order valence-corrected chi connectivity index (χ3v) is 2.58. The lowest BCUT2D eigenvalue weighted by atomic mass is 10.3. The SMILES string of the molecule is CCc1nn(C)c(NCc2ccncn2)c1N. The molecule has 90 valence electrons. The maximum atomic E-state index is 6.00. The van der Waals surface area contributed by atoms with Crippen molar-refractivity contribution in [3.63, 3.8) is 0 Å². The first-order chi connectivity index (χ1) is 8.22. The van der Waals surface area contributed by atoms with Crippen molar-refractivity contribution in [1.82, 2.24) is 19.7 Å². The second-order valence-corrected chi connectivity index (χ2v) is 3.74. The number of aromatic nitrogens is 4. The number of nitrogens with zero attached hydrogens (tertiary/aromatic N) is 4. The van der Waals surface area contributed by atoms with E-state index in [9.17, 15) is 0 Å². The van der Waals surface area contributed by atoms with Crippen molar-refractivity contribution in [2.24, 2.45) is 7.05 Å². The molecule has 0 aliphatic heterocycles. The van der Waals surface area contributed by atoms with Gasteiger partial charge in [0, 0.05) is 13.2 Å². The summed E-state index contributed by atoms with van der Waals surface area (Å²) < 4.78 is 1.76. The Morgan fingerprint density at radius 2 is 2.29 bits per heavy atom. The second-order valence-electron chi connectivity index (χ2n) is 3.74. The zero-order valence-corrected chi connectivity index (χ0v) is 10.0. The quantitative estimate of drug-likeness (QED) is 0.820. The van der Waals surface area contributed by atoms with Gasteiger partial charge < -0.3 is 11.1 Å². The Bertz CT molecular complexity index is 490. The van der Waals surface area contributed by atoms with Gasteiger partial charge in [-0.25, -0.2) is 9.97 Å². The molecule has 6 nitrogen and oxygen atoms in total. The predicted octanol–water partition coefficient (Wildman–Crippen LogP) is 0.967. The minimum Gasteiger partial charge on any atom is -0.394 e. The summed E-state index contributed by atoms with van der Waals surface area (Å²) in [5.41, 5.74) is 8.54. The second kappa shape index (κ2) is 4.82. The molecule has 2 heterocycles. The molecule has 0 aromatic carbocycles. The van der Waals surface area contributed by atoms with Crippen LogP contribution in [-0.4, -0.2) is 19.7 Å². The van der Waals surface area contributed by atoms with Crippen LogP contribution in [0.1, 0.15) is 18.3 Å². The Hall–Kier alpha value is -2.11. The van der Waals surface area contributed by atoms with Crippen molar-refractivity contribution in [2.75, 3.05) is 11.1 Å². The van der Waals surface area contributed by atoms with Gasteiger partial charge in [0.2, 0.25) is 0 Å². The van der Waals surface area contributed by atoms with Crippen LogP contribution in [0.4, 0.5) is 11.5 Å². The fraction of sp³-hybridized carbons (Fsp3) is 0.364. The summed E-state index contributed by atoms with van der Waals surface area (Å²) in [7, 11) is 1.87. The van der Waals surface area contributed by atoms with Gasteiger partial charge in [-0.3, -0.25) is 4.68 Å². The van der Waals surface area contributed by atoms with Gasteiger partial charge in [-0.15, -0.1) is 0 Å². The number of aryl methyl sites for hydroxylation is 2. The topological polar surface area (TPSA) is 81.7 Å². The van der Waals surface area contributed by atoms with Crippen molar-refractivity contribution >= 4 is 11.5 Å². The lowest BCUT2D eigenvalue weighted by Crippen LogP contribution is -2.07. The zero-order chi connectivity index (χ0) is 12.3. The molecule has 6 heteroatoms. The molecule has 0 saturated carbocycles. The molecular weight excluding hydrogens is 216 g/mol. The van der Waals surface area contributed by atoms with E-state index in [1.807, 2.05) is 20.0 Å². The van der Waals surface area contributed by atoms with Crippen LogP contribution in [0.3, 0.4) is 0 Å². The molecular formula is C11H16N6. The highest BCUT2D eigenvalue weighted by atomic mass is 15.3. The summed E-state index contributed by atoms with van der Waals surface area (Å²) in [4.78, 5) is 8.01. The van der Waals surface area contributed by atoms with E-state index in [4.69, 9.17) is 5.73 Å². The van der Waals surface area contributed by atoms with E-state index >= 15 is 0 Å². The highest BCUT2D eigenvalue weighted by Gasteiger charge is 2.11. The zero-order valence-electron chi connectivity index (χ0n) is 10.0. The molecule has 3 N–H and O–H groups in total. The average Bonchev–Trinajstić information content (AvgIpc) is 2.63. The maximum absolute atomic E-state index is 6.00. The molecule has 0 spiro atoms. The summed E-state index contributed by atoms with van der Waals surface area (Å²) in [5.74, 6) is 0.834. The summed E-state index contributed by atoms with van der Waals surface area (Å²) in [6.07, 6.45) is 4.07. The first-order valence-electron chi connectivity index (χ1n) is 5.52. The highest BCUT2D eigenvalue weighted by molar-refractivity contribution is 5.64. The van der Waals surface area contributed by atoms with E-state index in [1.54, 1.807) is 10.9 Å². The van der Waals surface area contributed by atoms with Gasteiger partial charge >= 0.3 is 0 Å². The molecule has 0 saturated heterocycles. The first kappa shape index (κ1) is 11.4. The van der Waals surface area contributed by atoms with Crippen molar-refractivity contribution in [1.29, 1.82) is 0 Å². The Balaban J connectivity index is 2.12. The lowest BCUT2D eigenvalue weighted by molar-refractivity contribution is 0.746. The standard InChI is InChI=1S/C11H16N6/c1-3-9-10(12)11(17(2)16-9)14-6-8-4-5-13-7-15-8/h4-5,7,14H,3,6,12H2,1-2H3. The van der Waals surface area contributed by atoms with Gasteiger partial charge in [-0.1, -0.05) is 6.92 Å². The third kappa shape index (κ3) is 2.35. The van der Waals surface area contributed by atoms with Crippen molar-refractivity contribution in [2.45, 2.75) is 19.9 Å². The molecule has 0 bridgehead atoms. The Morgan fingerprint density at radius 3 is 2.88 bits per heavy atom. The van der Waals surface area contributed by atoms with E-state index < -0.39 is 0 Å². The molecule has 0 amide bonds. The summed E-state index contributed by atoms with van der Waals surface area (Å²) in [5, 5.41) is 7.57. The summed E-state index contributed by atoms with van der Waals surface area (Å²) >= 11 is 0. The van der Waals surface area contributed by atoms with Crippen LogP contribution in [-0.2, 0) is 20.0 Å². The lowest BCUT2D eigenvalue weighted by Gasteiger charge is -2.06.